The maximum absolute atomic E-state index is 13.6. The molecule has 0 aliphatic heterocycles. The highest BCUT2D eigenvalue weighted by molar-refractivity contribution is 6.30. The van der Waals surface area contributed by atoms with Crippen LogP contribution in [0.2, 0.25) is 5.02 Å². The summed E-state index contributed by atoms with van der Waals surface area (Å²) >= 11 is 6.03. The van der Waals surface area contributed by atoms with Gasteiger partial charge in [0.15, 0.2) is 11.6 Å². The van der Waals surface area contributed by atoms with E-state index >= 15 is 0 Å². The van der Waals surface area contributed by atoms with Crippen molar-refractivity contribution < 1.29 is 8.78 Å². The van der Waals surface area contributed by atoms with Gasteiger partial charge in [0.1, 0.15) is 5.82 Å². The second-order valence-corrected chi connectivity index (χ2v) is 5.59. The largest absolute Gasteiger partial charge is 0.328 e. The summed E-state index contributed by atoms with van der Waals surface area (Å²) in [5.41, 5.74) is 7.41. The molecular weight excluding hydrogens is 308 g/mol. The van der Waals surface area contributed by atoms with Crippen LogP contribution in [0.1, 0.15) is 13.0 Å². The third-order valence-electron chi connectivity index (χ3n) is 3.60. The van der Waals surface area contributed by atoms with Gasteiger partial charge in [-0.15, -0.1) is 0 Å². The quantitative estimate of drug-likeness (QED) is 0.787. The number of aromatic nitrogens is 2. The Hall–Kier alpha value is -1.98. The molecule has 22 heavy (non-hydrogen) atoms. The zero-order chi connectivity index (χ0) is 15.9. The minimum Gasteiger partial charge on any atom is -0.328 e. The van der Waals surface area contributed by atoms with E-state index in [0.717, 1.165) is 17.7 Å². The van der Waals surface area contributed by atoms with Crippen molar-refractivity contribution in [3.63, 3.8) is 0 Å². The number of nitrogens with zero attached hydrogens (tertiary/aromatic N) is 2. The SMILES string of the molecule is CC(CN)n1c(-c2cccc(Cl)c2)nc2cc(F)c(F)cc21. The van der Waals surface area contributed by atoms with Gasteiger partial charge in [-0.2, -0.15) is 0 Å². The molecule has 0 bridgehead atoms. The molecule has 0 saturated carbocycles. The van der Waals surface area contributed by atoms with Crippen LogP contribution >= 0.6 is 11.6 Å². The standard InChI is InChI=1S/C16H14ClF2N3/c1-9(8-20)22-15-7-13(19)12(18)6-14(15)21-16(22)10-3-2-4-11(17)5-10/h2-7,9H,8,20H2,1H3. The Morgan fingerprint density at radius 2 is 1.95 bits per heavy atom. The normalized spacial score (nSPS) is 12.8. The summed E-state index contributed by atoms with van der Waals surface area (Å²) < 4.78 is 28.9. The first kappa shape index (κ1) is 14.9. The molecule has 2 aromatic carbocycles. The van der Waals surface area contributed by atoms with Crippen LogP contribution < -0.4 is 5.73 Å². The molecule has 0 radical (unpaired) electrons. The first-order chi connectivity index (χ1) is 10.5. The smallest absolute Gasteiger partial charge is 0.161 e. The van der Waals surface area contributed by atoms with Crippen molar-refractivity contribution in [1.29, 1.82) is 0 Å². The molecule has 0 spiro atoms. The van der Waals surface area contributed by atoms with Crippen molar-refractivity contribution in [1.82, 2.24) is 9.55 Å². The molecule has 0 saturated heterocycles. The third kappa shape index (κ3) is 2.46. The van der Waals surface area contributed by atoms with Gasteiger partial charge < -0.3 is 10.3 Å². The molecule has 1 aromatic heterocycles. The molecule has 6 heteroatoms. The van der Waals surface area contributed by atoms with Gasteiger partial charge in [0, 0.05) is 35.3 Å². The van der Waals surface area contributed by atoms with Crippen LogP contribution in [0.25, 0.3) is 22.4 Å². The fraction of sp³-hybridized carbons (Fsp3) is 0.188. The number of hydrogen-bond acceptors (Lipinski definition) is 2. The minimum atomic E-state index is -0.921. The Morgan fingerprint density at radius 1 is 1.23 bits per heavy atom. The molecule has 3 rings (SSSR count). The first-order valence-corrected chi connectivity index (χ1v) is 7.22. The van der Waals surface area contributed by atoms with E-state index in [1.165, 1.54) is 0 Å². The predicted molar refractivity (Wildman–Crippen MR) is 83.9 cm³/mol. The molecule has 2 N–H and O–H groups in total. The summed E-state index contributed by atoms with van der Waals surface area (Å²) in [6.45, 7) is 2.24. The Bertz CT molecular complexity index is 845. The second kappa shape index (κ2) is 5.66. The summed E-state index contributed by atoms with van der Waals surface area (Å²) in [6, 6.07) is 9.29. The lowest BCUT2D eigenvalue weighted by molar-refractivity contribution is 0.509. The van der Waals surface area contributed by atoms with Crippen molar-refractivity contribution in [2.24, 2.45) is 5.73 Å². The molecule has 0 aliphatic rings. The summed E-state index contributed by atoms with van der Waals surface area (Å²) in [4.78, 5) is 4.44. The molecule has 0 aliphatic carbocycles. The molecule has 0 amide bonds. The maximum Gasteiger partial charge on any atom is 0.161 e. The van der Waals surface area contributed by atoms with E-state index in [0.29, 0.717) is 28.4 Å². The fourth-order valence-electron chi connectivity index (χ4n) is 2.47. The van der Waals surface area contributed by atoms with Gasteiger partial charge in [-0.05, 0) is 19.1 Å². The van der Waals surface area contributed by atoms with Crippen LogP contribution in [-0.2, 0) is 0 Å². The Labute approximate surface area is 131 Å². The van der Waals surface area contributed by atoms with E-state index in [9.17, 15) is 8.78 Å². The molecule has 1 atom stereocenters. The van der Waals surface area contributed by atoms with Gasteiger partial charge in [0.2, 0.25) is 0 Å². The fourth-order valence-corrected chi connectivity index (χ4v) is 2.66. The summed E-state index contributed by atoms with van der Waals surface area (Å²) in [7, 11) is 0. The number of benzene rings is 2. The molecule has 1 unspecified atom stereocenters. The van der Waals surface area contributed by atoms with Crippen LogP contribution in [0.15, 0.2) is 36.4 Å². The Kier molecular flexibility index (Phi) is 3.85. The van der Waals surface area contributed by atoms with Gasteiger partial charge in [0.05, 0.1) is 11.0 Å². The van der Waals surface area contributed by atoms with Gasteiger partial charge >= 0.3 is 0 Å². The highest BCUT2D eigenvalue weighted by Crippen LogP contribution is 2.30. The second-order valence-electron chi connectivity index (χ2n) is 5.16. The Morgan fingerprint density at radius 3 is 2.64 bits per heavy atom. The lowest BCUT2D eigenvalue weighted by Gasteiger charge is -2.16. The van der Waals surface area contributed by atoms with E-state index in [-0.39, 0.29) is 6.04 Å². The van der Waals surface area contributed by atoms with Crippen molar-refractivity contribution in [2.45, 2.75) is 13.0 Å². The number of fused-ring (bicyclic) bond motifs is 1. The summed E-state index contributed by atoms with van der Waals surface area (Å²) in [5, 5.41) is 0.564. The van der Waals surface area contributed by atoms with Crippen LogP contribution in [0.5, 0.6) is 0 Å². The molecular formula is C16H14ClF2N3. The highest BCUT2D eigenvalue weighted by Gasteiger charge is 2.19. The number of hydrogen-bond donors (Lipinski definition) is 1. The van der Waals surface area contributed by atoms with Gasteiger partial charge in [-0.1, -0.05) is 23.7 Å². The number of rotatable bonds is 3. The Balaban J connectivity index is 2.33. The molecule has 114 valence electrons. The summed E-state index contributed by atoms with van der Waals surface area (Å²) in [6.07, 6.45) is 0. The number of nitrogens with two attached hydrogens (primary N) is 1. The molecule has 3 nitrogen and oxygen atoms in total. The van der Waals surface area contributed by atoms with Gasteiger partial charge in [0.25, 0.3) is 0 Å². The van der Waals surface area contributed by atoms with Crippen LogP contribution in [0.4, 0.5) is 8.78 Å². The lowest BCUT2D eigenvalue weighted by Crippen LogP contribution is -2.17. The summed E-state index contributed by atoms with van der Waals surface area (Å²) in [5.74, 6) is -1.24. The predicted octanol–water partition coefficient (Wildman–Crippen LogP) is 4.15. The van der Waals surface area contributed by atoms with Crippen molar-refractivity contribution in [3.8, 4) is 11.4 Å². The molecule has 3 aromatic rings. The van der Waals surface area contributed by atoms with E-state index < -0.39 is 11.6 Å². The minimum absolute atomic E-state index is 0.121. The third-order valence-corrected chi connectivity index (χ3v) is 3.83. The highest BCUT2D eigenvalue weighted by atomic mass is 35.5. The maximum atomic E-state index is 13.6. The van der Waals surface area contributed by atoms with Crippen molar-refractivity contribution in [3.05, 3.63) is 53.1 Å². The number of halogens is 3. The van der Waals surface area contributed by atoms with E-state index in [2.05, 4.69) is 4.98 Å². The van der Waals surface area contributed by atoms with Gasteiger partial charge in [-0.3, -0.25) is 0 Å². The topological polar surface area (TPSA) is 43.8 Å². The number of imidazole rings is 1. The molecule has 1 heterocycles. The van der Waals surface area contributed by atoms with Gasteiger partial charge in [-0.25, -0.2) is 13.8 Å². The van der Waals surface area contributed by atoms with Crippen LogP contribution in [-0.4, -0.2) is 16.1 Å². The van der Waals surface area contributed by atoms with E-state index in [4.69, 9.17) is 17.3 Å². The van der Waals surface area contributed by atoms with Crippen molar-refractivity contribution >= 4 is 22.6 Å². The van der Waals surface area contributed by atoms with E-state index in [1.54, 1.807) is 18.2 Å². The zero-order valence-electron chi connectivity index (χ0n) is 11.9. The lowest BCUT2D eigenvalue weighted by atomic mass is 10.2. The average molecular weight is 322 g/mol. The van der Waals surface area contributed by atoms with Crippen LogP contribution in [0, 0.1) is 11.6 Å². The first-order valence-electron chi connectivity index (χ1n) is 6.84. The average Bonchev–Trinajstić information content (AvgIpc) is 2.85. The van der Waals surface area contributed by atoms with Crippen molar-refractivity contribution in [2.75, 3.05) is 6.54 Å². The van der Waals surface area contributed by atoms with E-state index in [1.807, 2.05) is 17.6 Å². The molecule has 0 fully saturated rings. The zero-order valence-corrected chi connectivity index (χ0v) is 12.6. The monoisotopic (exact) mass is 321 g/mol. The van der Waals surface area contributed by atoms with Crippen LogP contribution in [0.3, 0.4) is 0 Å².